The molecule has 0 fully saturated rings. The molecule has 2 unspecified atom stereocenters. The average molecular weight is 741 g/mol. The zero-order valence-electron chi connectivity index (χ0n) is 28.1. The van der Waals surface area contributed by atoms with Crippen LogP contribution in [0.5, 0.6) is 5.75 Å². The molecule has 0 bridgehead atoms. The van der Waals surface area contributed by atoms with Gasteiger partial charge < -0.3 is 36.9 Å². The molecule has 270 valence electrons. The van der Waals surface area contributed by atoms with Crippen LogP contribution in [0.15, 0.2) is 60.7 Å². The molecule has 0 spiro atoms. The van der Waals surface area contributed by atoms with Crippen LogP contribution in [0.1, 0.15) is 61.4 Å². The Morgan fingerprint density at radius 3 is 2.43 bits per heavy atom. The van der Waals surface area contributed by atoms with E-state index >= 15 is 0 Å². The van der Waals surface area contributed by atoms with Crippen LogP contribution >= 0.6 is 23.2 Å². The van der Waals surface area contributed by atoms with Crippen molar-refractivity contribution in [3.8, 4) is 5.75 Å². The molecule has 0 aliphatic heterocycles. The summed E-state index contributed by atoms with van der Waals surface area (Å²) in [6, 6.07) is 14.6. The smallest absolute Gasteiger partial charge is 0.405 e. The first-order chi connectivity index (χ1) is 24.2. The molecule has 1 aromatic heterocycles. The number of hydrogen-bond acceptors (Lipinski definition) is 6. The minimum atomic E-state index is -1.66. The summed E-state index contributed by atoms with van der Waals surface area (Å²) < 4.78 is 20.3. The summed E-state index contributed by atoms with van der Waals surface area (Å²) in [5.74, 6) is -3.62. The fourth-order valence-corrected chi connectivity index (χ4v) is 7.31. The average Bonchev–Trinajstić information content (AvgIpc) is 3.44. The number of aromatic nitrogens is 1. The lowest BCUT2D eigenvalue weighted by Crippen LogP contribution is -2.66. The van der Waals surface area contributed by atoms with Gasteiger partial charge in [-0.2, -0.15) is 0 Å². The van der Waals surface area contributed by atoms with Gasteiger partial charge in [0, 0.05) is 28.9 Å². The van der Waals surface area contributed by atoms with Crippen molar-refractivity contribution in [2.24, 2.45) is 17.4 Å². The number of nitrogens with one attached hydrogen (secondary N) is 3. The summed E-state index contributed by atoms with van der Waals surface area (Å²) in [4.78, 5) is 56.8. The van der Waals surface area contributed by atoms with Crippen LogP contribution in [0.4, 0.5) is 9.18 Å². The van der Waals surface area contributed by atoms with Gasteiger partial charge in [-0.15, -0.1) is 0 Å². The molecule has 5 rings (SSSR count). The molecular weight excluding hydrogens is 700 g/mol. The number of nitrogens with two attached hydrogens (primary N) is 2. The Bertz CT molecular complexity index is 1950. The Balaban J connectivity index is 1.54. The number of H-pyrrole nitrogens is 1. The van der Waals surface area contributed by atoms with Crippen molar-refractivity contribution >= 4 is 57.9 Å². The Morgan fingerprint density at radius 1 is 1.08 bits per heavy atom. The second kappa shape index (κ2) is 15.6. The van der Waals surface area contributed by atoms with Crippen molar-refractivity contribution < 1.29 is 33.4 Å². The van der Waals surface area contributed by atoms with Crippen molar-refractivity contribution in [1.82, 2.24) is 15.6 Å². The third-order valence-electron chi connectivity index (χ3n) is 9.74. The third kappa shape index (κ3) is 8.40. The van der Waals surface area contributed by atoms with E-state index in [0.29, 0.717) is 50.5 Å². The molecule has 3 aromatic carbocycles. The van der Waals surface area contributed by atoms with Gasteiger partial charge in [0.2, 0.25) is 11.8 Å². The number of primary amides is 2. The van der Waals surface area contributed by atoms with Crippen LogP contribution in [0.25, 0.3) is 10.9 Å². The highest BCUT2D eigenvalue weighted by atomic mass is 35.5. The number of ether oxygens (including phenoxy) is 1. The number of amides is 4. The maximum Gasteiger partial charge on any atom is 0.405 e. The lowest BCUT2D eigenvalue weighted by atomic mass is 9.78. The van der Waals surface area contributed by atoms with Gasteiger partial charge in [-0.1, -0.05) is 73.8 Å². The zero-order chi connectivity index (χ0) is 37.0. The van der Waals surface area contributed by atoms with E-state index < -0.39 is 53.2 Å². The molecule has 4 aromatic rings. The highest BCUT2D eigenvalue weighted by Crippen LogP contribution is 2.39. The molecule has 4 amide bonds. The number of fused-ring (bicyclic) bond motifs is 3. The second-order valence-corrected chi connectivity index (χ2v) is 14.0. The lowest BCUT2D eigenvalue weighted by molar-refractivity contribution is -0.140. The fraction of sp³-hybridized carbons (Fsp3) is 0.351. The van der Waals surface area contributed by atoms with Gasteiger partial charge in [-0.25, -0.2) is 9.18 Å². The molecule has 51 heavy (non-hydrogen) atoms. The molecule has 5 atom stereocenters. The van der Waals surface area contributed by atoms with Gasteiger partial charge in [0.05, 0.1) is 10.5 Å². The van der Waals surface area contributed by atoms with E-state index in [-0.39, 0.29) is 37.4 Å². The first-order valence-corrected chi connectivity index (χ1v) is 17.4. The minimum absolute atomic E-state index is 0.00204. The minimum Gasteiger partial charge on any atom is -0.508 e. The fourth-order valence-electron chi connectivity index (χ4n) is 6.77. The summed E-state index contributed by atoms with van der Waals surface area (Å²) in [7, 11) is 0. The van der Waals surface area contributed by atoms with Crippen molar-refractivity contribution in [2.45, 2.75) is 76.0 Å². The molecule has 0 saturated heterocycles. The Labute approximate surface area is 304 Å². The van der Waals surface area contributed by atoms with Crippen LogP contribution in [-0.2, 0) is 38.4 Å². The van der Waals surface area contributed by atoms with Crippen LogP contribution in [0, 0.1) is 11.7 Å². The molecule has 14 heteroatoms. The van der Waals surface area contributed by atoms with Crippen LogP contribution in [0.2, 0.25) is 10.0 Å². The van der Waals surface area contributed by atoms with Crippen molar-refractivity contribution in [1.29, 1.82) is 0 Å². The number of aryl methyl sites for hydroxylation is 1. The molecular formula is C37H40Cl2FN5O6. The molecule has 0 saturated carbocycles. The SMILES string of the molecule is CCC(C)[C@H](NC(=O)[C@@]1(NC(=O)[C@H](CC(Cc2ccccc2F)c2ccc(O)cc2)OC(N)=O)CCc2[nH]c3c(Cl)cc(Cl)cc3c2C1)C(N)=O. The number of rotatable bonds is 13. The van der Waals surface area contributed by atoms with E-state index in [1.54, 1.807) is 49.4 Å². The Hall–Kier alpha value is -4.81. The van der Waals surface area contributed by atoms with Crippen LogP contribution < -0.4 is 22.1 Å². The van der Waals surface area contributed by atoms with Gasteiger partial charge in [0.15, 0.2) is 6.10 Å². The number of phenols is 1. The number of phenolic OH excluding ortho intramolecular Hbond substituents is 1. The first-order valence-electron chi connectivity index (χ1n) is 16.6. The van der Waals surface area contributed by atoms with Gasteiger partial charge in [-0.3, -0.25) is 14.4 Å². The number of aromatic amines is 1. The predicted molar refractivity (Wildman–Crippen MR) is 192 cm³/mol. The normalized spacial score (nSPS) is 17.8. The highest BCUT2D eigenvalue weighted by molar-refractivity contribution is 6.38. The molecule has 0 radical (unpaired) electrons. The van der Waals surface area contributed by atoms with Crippen LogP contribution in [0.3, 0.4) is 0 Å². The molecule has 1 heterocycles. The summed E-state index contributed by atoms with van der Waals surface area (Å²) in [5.41, 5.74) is 12.6. The number of carbonyl (C=O) groups is 4. The maximum atomic E-state index is 14.9. The number of hydrogen-bond donors (Lipinski definition) is 6. The van der Waals surface area contributed by atoms with E-state index in [4.69, 9.17) is 39.4 Å². The predicted octanol–water partition coefficient (Wildman–Crippen LogP) is 5.56. The van der Waals surface area contributed by atoms with Crippen molar-refractivity contribution in [3.63, 3.8) is 0 Å². The molecule has 11 nitrogen and oxygen atoms in total. The quantitative estimate of drug-likeness (QED) is 0.104. The van der Waals surface area contributed by atoms with E-state index in [0.717, 1.165) is 5.69 Å². The maximum absolute atomic E-state index is 14.9. The Kier molecular flexibility index (Phi) is 11.5. The van der Waals surface area contributed by atoms with Crippen molar-refractivity contribution in [3.05, 3.63) is 98.9 Å². The standard InChI is InChI=1S/C37H40Cl2FN5O6/c1-3-19(2)31(33(41)47)44-35(49)37(13-12-29-26(18-37)25-16-23(38)17-27(39)32(25)43-29)45-34(48)30(51-36(42)50)15-22(20-8-10-24(46)11-9-20)14-21-6-4-5-7-28(21)40/h4-11,16-17,19,22,30-31,43,46H,3,12-15,18H2,1-2H3,(H2,41,47)(H2,42,50)(H,44,49)(H,45,48)/t19?,22?,30-,31-,37+/m0/s1. The largest absolute Gasteiger partial charge is 0.508 e. The first kappa shape index (κ1) is 37.4. The number of carbonyl (C=O) groups excluding carboxylic acids is 4. The zero-order valence-corrected chi connectivity index (χ0v) is 29.6. The summed E-state index contributed by atoms with van der Waals surface area (Å²) in [6.07, 6.45) is -1.96. The Morgan fingerprint density at radius 2 is 1.78 bits per heavy atom. The van der Waals surface area contributed by atoms with E-state index in [1.807, 2.05) is 6.92 Å². The topological polar surface area (TPSA) is 190 Å². The lowest BCUT2D eigenvalue weighted by Gasteiger charge is -2.39. The number of benzene rings is 3. The number of aromatic hydroxyl groups is 1. The third-order valence-corrected chi connectivity index (χ3v) is 10.3. The van der Waals surface area contributed by atoms with E-state index in [2.05, 4.69) is 15.6 Å². The van der Waals surface area contributed by atoms with Crippen LogP contribution in [-0.4, -0.2) is 51.6 Å². The molecule has 1 aliphatic rings. The van der Waals surface area contributed by atoms with Crippen molar-refractivity contribution in [2.75, 3.05) is 0 Å². The summed E-state index contributed by atoms with van der Waals surface area (Å²) in [6.45, 7) is 3.63. The van der Waals surface area contributed by atoms with Gasteiger partial charge in [0.1, 0.15) is 23.1 Å². The summed E-state index contributed by atoms with van der Waals surface area (Å²) in [5, 5.41) is 17.0. The van der Waals surface area contributed by atoms with Gasteiger partial charge in [0.25, 0.3) is 5.91 Å². The highest BCUT2D eigenvalue weighted by Gasteiger charge is 2.47. The molecule has 8 N–H and O–H groups in total. The monoisotopic (exact) mass is 739 g/mol. The van der Waals surface area contributed by atoms with Gasteiger partial charge >= 0.3 is 6.09 Å². The van der Waals surface area contributed by atoms with E-state index in [1.165, 1.54) is 18.2 Å². The number of halogens is 3. The molecule has 1 aliphatic carbocycles. The second-order valence-electron chi connectivity index (χ2n) is 13.1. The summed E-state index contributed by atoms with van der Waals surface area (Å²) >= 11 is 12.9. The van der Waals surface area contributed by atoms with Gasteiger partial charge in [-0.05, 0) is 78.1 Å². The van der Waals surface area contributed by atoms with E-state index in [9.17, 15) is 28.7 Å².